The number of halogens is 4. The molecule has 0 fully saturated rings. The van der Waals surface area contributed by atoms with Gasteiger partial charge in [-0.3, -0.25) is 9.59 Å². The Morgan fingerprint density at radius 2 is 1.08 bits per heavy atom. The van der Waals surface area contributed by atoms with Gasteiger partial charge in [0, 0.05) is 0 Å². The number of hydrogen-bond donors (Lipinski definition) is 0. The summed E-state index contributed by atoms with van der Waals surface area (Å²) in [7, 11) is 0. The quantitative estimate of drug-likeness (QED) is 0.307. The number of benzene rings is 1. The first-order valence-corrected chi connectivity index (χ1v) is 11.0. The summed E-state index contributed by atoms with van der Waals surface area (Å²) in [4.78, 5) is 22.2. The number of esters is 2. The van der Waals surface area contributed by atoms with Crippen molar-refractivity contribution in [2.24, 2.45) is 0 Å². The van der Waals surface area contributed by atoms with E-state index in [0.29, 0.717) is 13.2 Å². The van der Waals surface area contributed by atoms with E-state index in [9.17, 15) is 9.59 Å². The van der Waals surface area contributed by atoms with Gasteiger partial charge in [0.05, 0.1) is 22.9 Å². The molecule has 1 aromatic carbocycles. The lowest BCUT2D eigenvalue weighted by molar-refractivity contribution is -0.143. The molecule has 4 unspecified atom stereocenters. The monoisotopic (exact) mass is 590 g/mol. The van der Waals surface area contributed by atoms with Crippen LogP contribution in [0, 0.1) is 0 Å². The molecule has 0 N–H and O–H groups in total. The molecule has 0 saturated carbocycles. The molecule has 0 aromatic heterocycles. The molecule has 0 radical (unpaired) electrons. The third-order valence-electron chi connectivity index (χ3n) is 3.11. The molecule has 0 bridgehead atoms. The minimum absolute atomic E-state index is 0.218. The highest BCUT2D eigenvalue weighted by atomic mass is 79.9. The summed E-state index contributed by atoms with van der Waals surface area (Å²) in [5, 5.41) is 0. The van der Waals surface area contributed by atoms with Crippen LogP contribution in [0.25, 0.3) is 0 Å². The topological polar surface area (TPSA) is 52.6 Å². The van der Waals surface area contributed by atoms with Crippen molar-refractivity contribution in [3.63, 3.8) is 0 Å². The molecule has 1 rings (SSSR count). The average Bonchev–Trinajstić information content (AvgIpc) is 2.59. The number of alkyl halides is 4. The van der Waals surface area contributed by atoms with Gasteiger partial charge in [-0.25, -0.2) is 0 Å². The molecule has 0 spiro atoms. The van der Waals surface area contributed by atoms with Gasteiger partial charge in [-0.2, -0.15) is 0 Å². The largest absolute Gasteiger partial charge is 0.465 e. The van der Waals surface area contributed by atoms with E-state index in [2.05, 4.69) is 63.7 Å². The van der Waals surface area contributed by atoms with Crippen LogP contribution < -0.4 is 0 Å². The number of rotatable bonds is 8. The fraction of sp³-hybridized carbons (Fsp3) is 0.500. The first-order valence-electron chi connectivity index (χ1n) is 7.32. The lowest BCUT2D eigenvalue weighted by atomic mass is 10.0. The second-order valence-electron chi connectivity index (χ2n) is 4.78. The van der Waals surface area contributed by atoms with Crippen molar-refractivity contribution in [3.8, 4) is 0 Å². The van der Waals surface area contributed by atoms with E-state index in [-0.39, 0.29) is 21.6 Å². The van der Waals surface area contributed by atoms with Crippen molar-refractivity contribution in [1.29, 1.82) is 0 Å². The third-order valence-corrected chi connectivity index (χ3v) is 8.45. The number of ether oxygens (including phenoxy) is 2. The Morgan fingerprint density at radius 1 is 0.792 bits per heavy atom. The van der Waals surface area contributed by atoms with E-state index in [1.165, 1.54) is 0 Å². The van der Waals surface area contributed by atoms with Crippen molar-refractivity contribution in [2.75, 3.05) is 13.2 Å². The lowest BCUT2D eigenvalue weighted by Crippen LogP contribution is -2.22. The van der Waals surface area contributed by atoms with Gasteiger partial charge in [-0.15, -0.1) is 0 Å². The molecule has 0 aliphatic rings. The predicted molar refractivity (Wildman–Crippen MR) is 108 cm³/mol. The third kappa shape index (κ3) is 6.11. The van der Waals surface area contributed by atoms with Gasteiger partial charge in [0.15, 0.2) is 0 Å². The second-order valence-corrected chi connectivity index (χ2v) is 8.72. The van der Waals surface area contributed by atoms with Gasteiger partial charge < -0.3 is 9.47 Å². The minimum Gasteiger partial charge on any atom is -0.465 e. The van der Waals surface area contributed by atoms with E-state index < -0.39 is 9.65 Å². The van der Waals surface area contributed by atoms with E-state index in [1.54, 1.807) is 13.8 Å². The molecule has 0 heterocycles. The summed E-state index contributed by atoms with van der Waals surface area (Å²) in [5.74, 6) is -0.630. The summed E-state index contributed by atoms with van der Waals surface area (Å²) in [6.07, 6.45) is 0. The maximum absolute atomic E-state index is 11.8. The predicted octanol–water partition coefficient (Wildman–Crippen LogP) is 5.21. The summed E-state index contributed by atoms with van der Waals surface area (Å²) in [6.45, 7) is 4.22. The van der Waals surface area contributed by atoms with Crippen LogP contribution >= 0.6 is 63.7 Å². The zero-order chi connectivity index (χ0) is 18.3. The Hall–Kier alpha value is 0.0800. The van der Waals surface area contributed by atoms with Gasteiger partial charge in [-0.1, -0.05) is 88.0 Å². The van der Waals surface area contributed by atoms with Gasteiger partial charge in [0.1, 0.15) is 9.65 Å². The molecular weight excluding hydrogens is 576 g/mol. The highest BCUT2D eigenvalue weighted by Gasteiger charge is 2.28. The maximum atomic E-state index is 11.8. The van der Waals surface area contributed by atoms with Crippen molar-refractivity contribution < 1.29 is 19.1 Å². The summed E-state index contributed by atoms with van der Waals surface area (Å²) >= 11 is 13.7. The van der Waals surface area contributed by atoms with Crippen molar-refractivity contribution >= 4 is 75.7 Å². The molecule has 24 heavy (non-hydrogen) atoms. The molecule has 0 saturated heterocycles. The summed E-state index contributed by atoms with van der Waals surface area (Å²) in [5.41, 5.74) is 1.85. The molecule has 4 atom stereocenters. The highest BCUT2D eigenvalue weighted by Crippen LogP contribution is 2.36. The van der Waals surface area contributed by atoms with Gasteiger partial charge in [-0.05, 0) is 25.0 Å². The molecular formula is C16H18Br4O4. The zero-order valence-electron chi connectivity index (χ0n) is 13.2. The first kappa shape index (κ1) is 22.1. The van der Waals surface area contributed by atoms with E-state index in [1.807, 2.05) is 24.3 Å². The first-order chi connectivity index (χ1) is 11.3. The average molecular weight is 594 g/mol. The Kier molecular flexibility index (Phi) is 10.1. The van der Waals surface area contributed by atoms with Crippen molar-refractivity contribution in [2.45, 2.75) is 33.2 Å². The van der Waals surface area contributed by atoms with Gasteiger partial charge >= 0.3 is 11.9 Å². The van der Waals surface area contributed by atoms with Crippen LogP contribution in [0.1, 0.15) is 34.6 Å². The van der Waals surface area contributed by atoms with E-state index in [4.69, 9.17) is 9.47 Å². The van der Waals surface area contributed by atoms with Crippen LogP contribution in [-0.2, 0) is 19.1 Å². The van der Waals surface area contributed by atoms with Crippen LogP contribution in [-0.4, -0.2) is 34.8 Å². The molecule has 1 aromatic rings. The molecule has 4 nitrogen and oxygen atoms in total. The van der Waals surface area contributed by atoms with Crippen molar-refractivity contribution in [1.82, 2.24) is 0 Å². The zero-order valence-corrected chi connectivity index (χ0v) is 19.5. The Morgan fingerprint density at radius 3 is 1.33 bits per heavy atom. The summed E-state index contributed by atoms with van der Waals surface area (Å²) < 4.78 is 10.0. The second kappa shape index (κ2) is 10.9. The Bertz CT molecular complexity index is 501. The van der Waals surface area contributed by atoms with Gasteiger partial charge in [0.2, 0.25) is 0 Å². The summed E-state index contributed by atoms with van der Waals surface area (Å²) in [6, 6.07) is 7.62. The molecule has 134 valence electrons. The molecule has 8 heteroatoms. The minimum atomic E-state index is -0.480. The van der Waals surface area contributed by atoms with Gasteiger partial charge in [0.25, 0.3) is 0 Å². The van der Waals surface area contributed by atoms with Crippen LogP contribution in [0.5, 0.6) is 0 Å². The highest BCUT2D eigenvalue weighted by molar-refractivity contribution is 9.12. The van der Waals surface area contributed by atoms with Crippen molar-refractivity contribution in [3.05, 3.63) is 35.4 Å². The Labute approximate surface area is 175 Å². The fourth-order valence-corrected chi connectivity index (χ4v) is 3.80. The number of carbonyl (C=O) groups excluding carboxylic acids is 2. The normalized spacial score (nSPS) is 15.9. The maximum Gasteiger partial charge on any atom is 0.321 e. The number of carbonyl (C=O) groups is 2. The standard InChI is InChI=1S/C16H18Br4O4/c1-3-23-15(21)13(19)11(17)9-5-7-10(8-6-9)12(18)14(20)16(22)24-4-2/h5-8,11-14H,3-4H2,1-2H3. The lowest BCUT2D eigenvalue weighted by Gasteiger charge is -2.18. The molecule has 0 aliphatic heterocycles. The van der Waals surface area contributed by atoms with E-state index >= 15 is 0 Å². The molecule has 0 amide bonds. The Balaban J connectivity index is 2.81. The van der Waals surface area contributed by atoms with Crippen LogP contribution in [0.3, 0.4) is 0 Å². The smallest absolute Gasteiger partial charge is 0.321 e. The van der Waals surface area contributed by atoms with Crippen LogP contribution in [0.4, 0.5) is 0 Å². The molecule has 0 aliphatic carbocycles. The SMILES string of the molecule is CCOC(=O)C(Br)C(Br)c1ccc(C(Br)C(Br)C(=O)OCC)cc1. The van der Waals surface area contributed by atoms with Crippen LogP contribution in [0.2, 0.25) is 0 Å². The fourth-order valence-electron chi connectivity index (χ4n) is 1.88. The van der Waals surface area contributed by atoms with Crippen LogP contribution in [0.15, 0.2) is 24.3 Å². The van der Waals surface area contributed by atoms with E-state index in [0.717, 1.165) is 11.1 Å². The number of hydrogen-bond acceptors (Lipinski definition) is 4.